The van der Waals surface area contributed by atoms with Crippen molar-refractivity contribution in [2.45, 2.75) is 19.9 Å². The van der Waals surface area contributed by atoms with Crippen molar-refractivity contribution in [3.63, 3.8) is 0 Å². The second-order valence-electron chi connectivity index (χ2n) is 4.93. The van der Waals surface area contributed by atoms with Crippen LogP contribution in [0.4, 0.5) is 10.5 Å². The minimum Gasteiger partial charge on any atom is -0.478 e. The number of urea groups is 1. The van der Waals surface area contributed by atoms with Crippen LogP contribution in [-0.4, -0.2) is 47.0 Å². The van der Waals surface area contributed by atoms with Gasteiger partial charge in [0.1, 0.15) is 6.04 Å². The molecule has 3 amide bonds. The van der Waals surface area contributed by atoms with E-state index in [2.05, 4.69) is 10.6 Å². The smallest absolute Gasteiger partial charge is 0.335 e. The quantitative estimate of drug-likeness (QED) is 0.758. The summed E-state index contributed by atoms with van der Waals surface area (Å²) in [7, 11) is 0. The highest BCUT2D eigenvalue weighted by atomic mass is 16.4. The van der Waals surface area contributed by atoms with Crippen molar-refractivity contribution in [3.05, 3.63) is 29.3 Å². The fraction of sp³-hybridized carbons (Fsp3) is 0.357. The average molecular weight is 291 g/mol. The third-order valence-corrected chi connectivity index (χ3v) is 3.49. The molecule has 1 heterocycles. The monoisotopic (exact) mass is 291 g/mol. The van der Waals surface area contributed by atoms with E-state index in [1.165, 1.54) is 17.0 Å². The summed E-state index contributed by atoms with van der Waals surface area (Å²) in [6.45, 7) is 4.24. The Labute approximate surface area is 121 Å². The molecule has 0 spiro atoms. The molecule has 112 valence electrons. The molecule has 1 unspecified atom stereocenters. The van der Waals surface area contributed by atoms with E-state index in [4.69, 9.17) is 5.11 Å². The number of rotatable bonds is 2. The Hall–Kier alpha value is -2.57. The van der Waals surface area contributed by atoms with Crippen molar-refractivity contribution in [2.75, 3.05) is 18.4 Å². The molecular formula is C14H17N3O4. The van der Waals surface area contributed by atoms with E-state index >= 15 is 0 Å². The summed E-state index contributed by atoms with van der Waals surface area (Å²) in [4.78, 5) is 36.2. The normalized spacial score (nSPS) is 18.1. The maximum absolute atomic E-state index is 12.2. The number of piperazine rings is 1. The molecular weight excluding hydrogens is 274 g/mol. The van der Waals surface area contributed by atoms with Crippen molar-refractivity contribution in [2.24, 2.45) is 0 Å². The number of amides is 3. The molecule has 0 aliphatic carbocycles. The lowest BCUT2D eigenvalue weighted by Gasteiger charge is -2.32. The number of benzene rings is 1. The summed E-state index contributed by atoms with van der Waals surface area (Å²) in [6.07, 6.45) is 0. The number of nitrogens with one attached hydrogen (secondary N) is 2. The first kappa shape index (κ1) is 14.8. The van der Waals surface area contributed by atoms with Crippen molar-refractivity contribution in [1.82, 2.24) is 10.2 Å². The molecule has 3 N–H and O–H groups in total. The second kappa shape index (κ2) is 5.82. The lowest BCUT2D eigenvalue weighted by atomic mass is 10.1. The zero-order chi connectivity index (χ0) is 15.6. The number of carbonyl (C=O) groups is 3. The fourth-order valence-corrected chi connectivity index (χ4v) is 2.14. The topological polar surface area (TPSA) is 98.7 Å². The maximum Gasteiger partial charge on any atom is 0.335 e. The molecule has 1 aromatic carbocycles. The first-order valence-electron chi connectivity index (χ1n) is 6.59. The number of aryl methyl sites for hydroxylation is 1. The van der Waals surface area contributed by atoms with Crippen LogP contribution >= 0.6 is 0 Å². The van der Waals surface area contributed by atoms with E-state index in [0.717, 1.165) is 5.56 Å². The van der Waals surface area contributed by atoms with Crippen LogP contribution in [0.2, 0.25) is 0 Å². The minimum absolute atomic E-state index is 0.0975. The van der Waals surface area contributed by atoms with Gasteiger partial charge in [-0.15, -0.1) is 0 Å². The first-order chi connectivity index (χ1) is 9.90. The van der Waals surface area contributed by atoms with Gasteiger partial charge < -0.3 is 20.6 Å². The summed E-state index contributed by atoms with van der Waals surface area (Å²) in [5, 5.41) is 14.3. The Balaban J connectivity index is 2.17. The van der Waals surface area contributed by atoms with Gasteiger partial charge in [0.05, 0.1) is 5.56 Å². The summed E-state index contributed by atoms with van der Waals surface area (Å²) in [5.74, 6) is -1.26. The number of hydrogen-bond donors (Lipinski definition) is 3. The molecule has 1 aromatic rings. The lowest BCUT2D eigenvalue weighted by molar-refractivity contribution is -0.126. The summed E-state index contributed by atoms with van der Waals surface area (Å²) >= 11 is 0. The van der Waals surface area contributed by atoms with Crippen LogP contribution in [0.1, 0.15) is 22.8 Å². The van der Waals surface area contributed by atoms with E-state index in [1.807, 2.05) is 0 Å². The highest BCUT2D eigenvalue weighted by molar-refractivity contribution is 5.96. The van der Waals surface area contributed by atoms with Crippen molar-refractivity contribution < 1.29 is 19.5 Å². The van der Waals surface area contributed by atoms with Gasteiger partial charge in [-0.25, -0.2) is 9.59 Å². The molecule has 1 aliphatic heterocycles. The Morgan fingerprint density at radius 1 is 1.43 bits per heavy atom. The van der Waals surface area contributed by atoms with Crippen molar-refractivity contribution >= 4 is 23.6 Å². The molecule has 2 rings (SSSR count). The van der Waals surface area contributed by atoms with Crippen molar-refractivity contribution in [3.8, 4) is 0 Å². The molecule has 1 saturated heterocycles. The van der Waals surface area contributed by atoms with E-state index in [1.54, 1.807) is 19.9 Å². The summed E-state index contributed by atoms with van der Waals surface area (Å²) < 4.78 is 0. The lowest BCUT2D eigenvalue weighted by Crippen LogP contribution is -2.56. The molecule has 21 heavy (non-hydrogen) atoms. The van der Waals surface area contributed by atoms with Crippen LogP contribution in [-0.2, 0) is 4.79 Å². The first-order valence-corrected chi connectivity index (χ1v) is 6.59. The number of carboxylic acids is 1. The minimum atomic E-state index is -1.06. The van der Waals surface area contributed by atoms with E-state index in [9.17, 15) is 14.4 Å². The molecule has 7 heteroatoms. The largest absolute Gasteiger partial charge is 0.478 e. The summed E-state index contributed by atoms with van der Waals surface area (Å²) in [6, 6.07) is 3.55. The molecule has 0 bridgehead atoms. The number of aromatic carboxylic acids is 1. The number of carbonyl (C=O) groups excluding carboxylic acids is 2. The van der Waals surface area contributed by atoms with Crippen LogP contribution in [0.15, 0.2) is 18.2 Å². The highest BCUT2D eigenvalue weighted by Crippen LogP contribution is 2.18. The van der Waals surface area contributed by atoms with Crippen LogP contribution in [0.3, 0.4) is 0 Å². The SMILES string of the molecule is Cc1ccc(C(=O)O)cc1NC(=O)N1CCNC(=O)C1C. The molecule has 0 aromatic heterocycles. The average Bonchev–Trinajstić information content (AvgIpc) is 2.43. The van der Waals surface area contributed by atoms with Gasteiger partial charge >= 0.3 is 12.0 Å². The predicted octanol–water partition coefficient (Wildman–Crippen LogP) is 1.05. The van der Waals surface area contributed by atoms with Crippen LogP contribution < -0.4 is 10.6 Å². The zero-order valence-electron chi connectivity index (χ0n) is 11.8. The molecule has 0 radical (unpaired) electrons. The van der Waals surface area contributed by atoms with E-state index < -0.39 is 18.0 Å². The third kappa shape index (κ3) is 3.13. The van der Waals surface area contributed by atoms with Crippen LogP contribution in [0, 0.1) is 6.92 Å². The number of hydrogen-bond acceptors (Lipinski definition) is 3. The van der Waals surface area contributed by atoms with E-state index in [0.29, 0.717) is 18.8 Å². The maximum atomic E-state index is 12.2. The number of nitrogens with zero attached hydrogens (tertiary/aromatic N) is 1. The summed E-state index contributed by atoms with van der Waals surface area (Å²) in [5.41, 5.74) is 1.28. The number of carboxylic acid groups (broad SMARTS) is 1. The predicted molar refractivity (Wildman–Crippen MR) is 76.3 cm³/mol. The molecule has 1 fully saturated rings. The third-order valence-electron chi connectivity index (χ3n) is 3.49. The van der Waals surface area contributed by atoms with Gasteiger partial charge in [0.2, 0.25) is 5.91 Å². The fourth-order valence-electron chi connectivity index (χ4n) is 2.14. The Morgan fingerprint density at radius 3 is 2.81 bits per heavy atom. The van der Waals surface area contributed by atoms with Crippen LogP contribution in [0.25, 0.3) is 0 Å². The van der Waals surface area contributed by atoms with E-state index in [-0.39, 0.29) is 11.5 Å². The standard InChI is InChI=1S/C14H17N3O4/c1-8-3-4-10(13(19)20)7-11(8)16-14(21)17-6-5-15-12(18)9(17)2/h3-4,7,9H,5-6H2,1-2H3,(H,15,18)(H,16,21)(H,19,20). The van der Waals surface area contributed by atoms with Gasteiger partial charge in [-0.3, -0.25) is 4.79 Å². The molecule has 1 atom stereocenters. The molecule has 1 aliphatic rings. The van der Waals surface area contributed by atoms with Crippen molar-refractivity contribution in [1.29, 1.82) is 0 Å². The highest BCUT2D eigenvalue weighted by Gasteiger charge is 2.29. The Bertz CT molecular complexity index is 600. The van der Waals surface area contributed by atoms with Gasteiger partial charge in [-0.1, -0.05) is 6.07 Å². The van der Waals surface area contributed by atoms with Gasteiger partial charge in [0.15, 0.2) is 0 Å². The van der Waals surface area contributed by atoms with Gasteiger partial charge in [0, 0.05) is 18.8 Å². The van der Waals surface area contributed by atoms with Gasteiger partial charge in [-0.05, 0) is 31.5 Å². The second-order valence-corrected chi connectivity index (χ2v) is 4.93. The van der Waals surface area contributed by atoms with Gasteiger partial charge in [0.25, 0.3) is 0 Å². The Morgan fingerprint density at radius 2 is 2.14 bits per heavy atom. The molecule has 0 saturated carbocycles. The molecule has 7 nitrogen and oxygen atoms in total. The van der Waals surface area contributed by atoms with Gasteiger partial charge in [-0.2, -0.15) is 0 Å². The Kier molecular flexibility index (Phi) is 4.11. The number of anilines is 1. The van der Waals surface area contributed by atoms with Crippen LogP contribution in [0.5, 0.6) is 0 Å². The zero-order valence-corrected chi connectivity index (χ0v) is 11.8.